The van der Waals surface area contributed by atoms with Crippen molar-refractivity contribution in [3.8, 4) is 5.75 Å². The van der Waals surface area contributed by atoms with Gasteiger partial charge in [0.1, 0.15) is 5.75 Å². The monoisotopic (exact) mass is 242 g/mol. The maximum atomic E-state index is 11.0. The molecule has 3 nitrogen and oxygen atoms in total. The van der Waals surface area contributed by atoms with E-state index in [0.29, 0.717) is 17.2 Å². The Morgan fingerprint density at radius 3 is 2.75 bits per heavy atom. The van der Waals surface area contributed by atoms with Crippen LogP contribution in [0.1, 0.15) is 26.2 Å². The number of carboxylic acid groups (broad SMARTS) is 1. The molecule has 0 bridgehead atoms. The molecule has 0 saturated heterocycles. The van der Waals surface area contributed by atoms with Gasteiger partial charge in [0.25, 0.3) is 0 Å². The van der Waals surface area contributed by atoms with Gasteiger partial charge in [0.15, 0.2) is 6.10 Å². The van der Waals surface area contributed by atoms with Crippen LogP contribution in [0.3, 0.4) is 0 Å². The molecule has 0 fully saturated rings. The second-order valence-corrected chi connectivity index (χ2v) is 3.92. The van der Waals surface area contributed by atoms with Gasteiger partial charge in [-0.15, -0.1) is 0 Å². The maximum absolute atomic E-state index is 11.0. The number of halogens is 1. The normalized spacial score (nSPS) is 12.1. The molecule has 88 valence electrons. The van der Waals surface area contributed by atoms with E-state index < -0.39 is 12.1 Å². The number of ether oxygens (including phenoxy) is 1. The summed E-state index contributed by atoms with van der Waals surface area (Å²) in [6.07, 6.45) is 1.44. The highest BCUT2D eigenvalue weighted by Crippen LogP contribution is 2.25. The minimum Gasteiger partial charge on any atom is -0.479 e. The Bertz CT molecular complexity index is 352. The van der Waals surface area contributed by atoms with Crippen LogP contribution >= 0.6 is 11.6 Å². The van der Waals surface area contributed by atoms with Crippen LogP contribution in [-0.4, -0.2) is 17.2 Å². The lowest BCUT2D eigenvalue weighted by Crippen LogP contribution is -2.26. The molecule has 0 aliphatic carbocycles. The first-order chi connectivity index (χ1) is 7.65. The summed E-state index contributed by atoms with van der Waals surface area (Å²) < 4.78 is 5.38. The van der Waals surface area contributed by atoms with E-state index in [2.05, 4.69) is 0 Å². The van der Waals surface area contributed by atoms with Crippen LogP contribution in [0.5, 0.6) is 5.75 Å². The molecule has 0 aliphatic heterocycles. The molecule has 1 N–H and O–H groups in total. The van der Waals surface area contributed by atoms with Gasteiger partial charge in [0.2, 0.25) is 0 Å². The van der Waals surface area contributed by atoms with Gasteiger partial charge in [0.05, 0.1) is 5.02 Å². The van der Waals surface area contributed by atoms with Crippen LogP contribution < -0.4 is 4.74 Å². The number of benzene rings is 1. The summed E-state index contributed by atoms with van der Waals surface area (Å²) in [7, 11) is 0. The number of hydrogen-bond donors (Lipinski definition) is 1. The Morgan fingerprint density at radius 1 is 1.50 bits per heavy atom. The van der Waals surface area contributed by atoms with Crippen LogP contribution in [-0.2, 0) is 4.79 Å². The Balaban J connectivity index is 2.68. The second-order valence-electron chi connectivity index (χ2n) is 3.52. The maximum Gasteiger partial charge on any atom is 0.344 e. The Hall–Kier alpha value is -1.22. The van der Waals surface area contributed by atoms with Gasteiger partial charge in [-0.1, -0.05) is 37.1 Å². The molecular weight excluding hydrogens is 228 g/mol. The lowest BCUT2D eigenvalue weighted by molar-refractivity contribution is -0.145. The van der Waals surface area contributed by atoms with E-state index >= 15 is 0 Å². The van der Waals surface area contributed by atoms with Crippen molar-refractivity contribution in [3.63, 3.8) is 0 Å². The number of unbranched alkanes of at least 4 members (excludes halogenated alkanes) is 1. The van der Waals surface area contributed by atoms with Crippen LogP contribution in [0, 0.1) is 0 Å². The molecule has 0 amide bonds. The quantitative estimate of drug-likeness (QED) is 0.832. The molecule has 0 spiro atoms. The van der Waals surface area contributed by atoms with Crippen molar-refractivity contribution in [2.24, 2.45) is 0 Å². The summed E-state index contributed by atoms with van der Waals surface area (Å²) in [5.41, 5.74) is 0. The Labute approximate surface area is 100.0 Å². The summed E-state index contributed by atoms with van der Waals surface area (Å²) in [6, 6.07) is 6.89. The minimum atomic E-state index is -0.951. The van der Waals surface area contributed by atoms with Crippen LogP contribution in [0.2, 0.25) is 5.02 Å². The first-order valence-corrected chi connectivity index (χ1v) is 5.67. The van der Waals surface area contributed by atoms with Crippen molar-refractivity contribution in [3.05, 3.63) is 29.3 Å². The highest BCUT2D eigenvalue weighted by atomic mass is 35.5. The average molecular weight is 243 g/mol. The van der Waals surface area contributed by atoms with Crippen molar-refractivity contribution < 1.29 is 14.6 Å². The van der Waals surface area contributed by atoms with E-state index in [1.807, 2.05) is 6.92 Å². The fourth-order valence-electron chi connectivity index (χ4n) is 1.32. The molecule has 0 saturated carbocycles. The third kappa shape index (κ3) is 3.74. The molecule has 0 heterocycles. The van der Waals surface area contributed by atoms with E-state index in [0.717, 1.165) is 12.8 Å². The van der Waals surface area contributed by atoms with Crippen molar-refractivity contribution in [2.75, 3.05) is 0 Å². The van der Waals surface area contributed by atoms with Gasteiger partial charge in [-0.2, -0.15) is 0 Å². The lowest BCUT2D eigenvalue weighted by Gasteiger charge is -2.15. The predicted octanol–water partition coefficient (Wildman–Crippen LogP) is 3.36. The number of hydrogen-bond acceptors (Lipinski definition) is 2. The number of para-hydroxylation sites is 1. The Morgan fingerprint density at radius 2 is 2.19 bits per heavy atom. The van der Waals surface area contributed by atoms with Crippen molar-refractivity contribution >= 4 is 17.6 Å². The van der Waals surface area contributed by atoms with E-state index in [-0.39, 0.29) is 0 Å². The molecule has 1 rings (SSSR count). The number of rotatable bonds is 6. The van der Waals surface area contributed by atoms with Gasteiger partial charge < -0.3 is 9.84 Å². The molecule has 16 heavy (non-hydrogen) atoms. The van der Waals surface area contributed by atoms with Gasteiger partial charge in [0, 0.05) is 0 Å². The van der Waals surface area contributed by atoms with Gasteiger partial charge in [-0.05, 0) is 25.0 Å². The number of carboxylic acids is 1. The summed E-state index contributed by atoms with van der Waals surface area (Å²) in [6.45, 7) is 2.01. The highest BCUT2D eigenvalue weighted by molar-refractivity contribution is 6.32. The minimum absolute atomic E-state index is 0.424. The fraction of sp³-hybridized carbons (Fsp3) is 0.417. The van der Waals surface area contributed by atoms with Crippen LogP contribution in [0.25, 0.3) is 0 Å². The van der Waals surface area contributed by atoms with E-state index in [9.17, 15) is 4.79 Å². The predicted molar refractivity (Wildman–Crippen MR) is 63.0 cm³/mol. The van der Waals surface area contributed by atoms with Crippen molar-refractivity contribution in [1.82, 2.24) is 0 Å². The summed E-state index contributed by atoms with van der Waals surface area (Å²) >= 11 is 5.89. The largest absolute Gasteiger partial charge is 0.479 e. The third-order valence-electron chi connectivity index (χ3n) is 2.20. The number of carbonyl (C=O) groups is 1. The smallest absolute Gasteiger partial charge is 0.344 e. The fourth-order valence-corrected chi connectivity index (χ4v) is 1.50. The highest BCUT2D eigenvalue weighted by Gasteiger charge is 2.19. The van der Waals surface area contributed by atoms with E-state index in [4.69, 9.17) is 21.4 Å². The second kappa shape index (κ2) is 6.38. The molecule has 1 atom stereocenters. The molecule has 0 aromatic heterocycles. The van der Waals surface area contributed by atoms with Gasteiger partial charge in [-0.3, -0.25) is 0 Å². The standard InChI is InChI=1S/C12H15ClO3/c1-2-3-7-11(12(14)15)16-10-8-5-4-6-9(10)13/h4-6,8,11H,2-3,7H2,1H3,(H,14,15). The van der Waals surface area contributed by atoms with E-state index in [1.165, 1.54) is 0 Å². The number of aliphatic carboxylic acids is 1. The zero-order valence-electron chi connectivity index (χ0n) is 9.15. The molecular formula is C12H15ClO3. The molecule has 1 aromatic rings. The van der Waals surface area contributed by atoms with Gasteiger partial charge in [-0.25, -0.2) is 4.79 Å². The molecule has 0 radical (unpaired) electrons. The first-order valence-electron chi connectivity index (χ1n) is 5.29. The first kappa shape index (κ1) is 12.8. The lowest BCUT2D eigenvalue weighted by atomic mass is 10.1. The van der Waals surface area contributed by atoms with Crippen LogP contribution in [0.15, 0.2) is 24.3 Å². The van der Waals surface area contributed by atoms with Crippen molar-refractivity contribution in [2.45, 2.75) is 32.3 Å². The SMILES string of the molecule is CCCCC(Oc1ccccc1Cl)C(=O)O. The van der Waals surface area contributed by atoms with E-state index in [1.54, 1.807) is 24.3 Å². The summed E-state index contributed by atoms with van der Waals surface area (Å²) in [5.74, 6) is -0.527. The van der Waals surface area contributed by atoms with Crippen LogP contribution in [0.4, 0.5) is 0 Å². The van der Waals surface area contributed by atoms with Crippen molar-refractivity contribution in [1.29, 1.82) is 0 Å². The Kier molecular flexibility index (Phi) is 5.12. The molecule has 4 heteroatoms. The molecule has 0 aliphatic rings. The third-order valence-corrected chi connectivity index (χ3v) is 2.51. The summed E-state index contributed by atoms with van der Waals surface area (Å²) in [4.78, 5) is 11.0. The average Bonchev–Trinajstić information content (AvgIpc) is 2.26. The topological polar surface area (TPSA) is 46.5 Å². The molecule has 1 unspecified atom stereocenters. The summed E-state index contributed by atoms with van der Waals surface area (Å²) in [5, 5.41) is 9.42. The molecule has 1 aromatic carbocycles. The zero-order valence-corrected chi connectivity index (χ0v) is 9.91. The zero-order chi connectivity index (χ0) is 12.0. The van der Waals surface area contributed by atoms with Gasteiger partial charge >= 0.3 is 5.97 Å².